The summed E-state index contributed by atoms with van der Waals surface area (Å²) in [7, 11) is 1.71. The van der Waals surface area contributed by atoms with Gasteiger partial charge in [0.25, 0.3) is 0 Å². The van der Waals surface area contributed by atoms with E-state index in [2.05, 4.69) is 53.7 Å². The second-order valence-electron chi connectivity index (χ2n) is 4.67. The van der Waals surface area contributed by atoms with E-state index in [-0.39, 0.29) is 6.04 Å². The molecule has 0 spiro atoms. The van der Waals surface area contributed by atoms with Gasteiger partial charge in [-0.25, -0.2) is 4.98 Å². The summed E-state index contributed by atoms with van der Waals surface area (Å²) < 4.78 is 9.33. The van der Waals surface area contributed by atoms with Gasteiger partial charge in [-0.2, -0.15) is 0 Å². The Balaban J connectivity index is 2.29. The van der Waals surface area contributed by atoms with Crippen molar-refractivity contribution in [3.63, 3.8) is 0 Å². The maximum absolute atomic E-state index is 5.22. The van der Waals surface area contributed by atoms with Crippen molar-refractivity contribution in [3.05, 3.63) is 39.0 Å². The third-order valence-electron chi connectivity index (χ3n) is 2.91. The van der Waals surface area contributed by atoms with Crippen molar-refractivity contribution in [1.82, 2.24) is 9.55 Å². The molecule has 4 nitrogen and oxygen atoms in total. The van der Waals surface area contributed by atoms with Crippen LogP contribution in [-0.2, 0) is 4.74 Å². The minimum atomic E-state index is 0.220. The molecule has 2 rings (SSSR count). The lowest BCUT2D eigenvalue weighted by atomic mass is 10.3. The first-order valence-corrected chi connectivity index (χ1v) is 7.86. The predicted molar refractivity (Wildman–Crippen MR) is 88.7 cm³/mol. The maximum atomic E-state index is 5.22. The van der Waals surface area contributed by atoms with Crippen LogP contribution in [0.4, 0.5) is 11.6 Å². The number of nitrogens with one attached hydrogen (secondary N) is 1. The van der Waals surface area contributed by atoms with Gasteiger partial charge in [0.15, 0.2) is 0 Å². The van der Waals surface area contributed by atoms with E-state index in [1.54, 1.807) is 7.11 Å². The molecule has 0 bridgehead atoms. The number of halogens is 2. The molecule has 0 aliphatic carbocycles. The van der Waals surface area contributed by atoms with Gasteiger partial charge in [0.1, 0.15) is 0 Å². The molecule has 1 heterocycles. The molecule has 0 saturated heterocycles. The highest BCUT2D eigenvalue weighted by atomic mass is 79.9. The standard InChI is InChI=1S/C14H17Br2N3O/c1-9-7-19(10(2)8-20-3)14(17-9)18-13-5-4-11(15)6-12(13)16/h4-7,10H,8H2,1-3H3,(H,17,18). The van der Waals surface area contributed by atoms with E-state index in [4.69, 9.17) is 4.74 Å². The molecule has 1 N–H and O–H groups in total. The average molecular weight is 403 g/mol. The second-order valence-corrected chi connectivity index (χ2v) is 6.44. The van der Waals surface area contributed by atoms with E-state index in [9.17, 15) is 0 Å². The lowest BCUT2D eigenvalue weighted by Gasteiger charge is -2.16. The zero-order valence-electron chi connectivity index (χ0n) is 11.7. The van der Waals surface area contributed by atoms with Crippen molar-refractivity contribution in [3.8, 4) is 0 Å². The summed E-state index contributed by atoms with van der Waals surface area (Å²) in [5.74, 6) is 0.815. The monoisotopic (exact) mass is 401 g/mol. The van der Waals surface area contributed by atoms with Crippen LogP contribution in [-0.4, -0.2) is 23.3 Å². The number of ether oxygens (including phenoxy) is 1. The number of aromatic nitrogens is 2. The van der Waals surface area contributed by atoms with Gasteiger partial charge in [-0.05, 0) is 48.0 Å². The molecule has 0 fully saturated rings. The lowest BCUT2D eigenvalue weighted by molar-refractivity contribution is 0.163. The van der Waals surface area contributed by atoms with Gasteiger partial charge in [0.2, 0.25) is 5.95 Å². The Morgan fingerprint density at radius 3 is 2.80 bits per heavy atom. The minimum Gasteiger partial charge on any atom is -0.383 e. The zero-order chi connectivity index (χ0) is 14.7. The van der Waals surface area contributed by atoms with E-state index in [0.29, 0.717) is 6.61 Å². The Hall–Kier alpha value is -0.850. The maximum Gasteiger partial charge on any atom is 0.207 e. The Kier molecular flexibility index (Phi) is 5.23. The molecular formula is C14H17Br2N3O. The van der Waals surface area contributed by atoms with Gasteiger partial charge < -0.3 is 14.6 Å². The second kappa shape index (κ2) is 6.74. The summed E-state index contributed by atoms with van der Waals surface area (Å²) in [6, 6.07) is 6.22. The van der Waals surface area contributed by atoms with Crippen LogP contribution in [0.15, 0.2) is 33.3 Å². The number of anilines is 2. The predicted octanol–water partition coefficient (Wildman–Crippen LogP) is 4.67. The summed E-state index contributed by atoms with van der Waals surface area (Å²) in [6.07, 6.45) is 2.03. The van der Waals surface area contributed by atoms with Crippen LogP contribution in [0.25, 0.3) is 0 Å². The van der Waals surface area contributed by atoms with Crippen molar-refractivity contribution in [1.29, 1.82) is 0 Å². The minimum absolute atomic E-state index is 0.220. The van der Waals surface area contributed by atoms with Crippen LogP contribution < -0.4 is 5.32 Å². The molecule has 1 atom stereocenters. The molecule has 0 amide bonds. The van der Waals surface area contributed by atoms with Gasteiger partial charge in [-0.1, -0.05) is 15.9 Å². The molecule has 1 aromatic heterocycles. The number of aryl methyl sites for hydroxylation is 1. The summed E-state index contributed by atoms with van der Waals surface area (Å²) in [6.45, 7) is 4.73. The highest BCUT2D eigenvalue weighted by Crippen LogP contribution is 2.29. The van der Waals surface area contributed by atoms with E-state index in [1.165, 1.54) is 0 Å². The Morgan fingerprint density at radius 1 is 1.40 bits per heavy atom. The van der Waals surface area contributed by atoms with Gasteiger partial charge in [0, 0.05) is 22.3 Å². The van der Waals surface area contributed by atoms with Gasteiger partial charge in [-0.3, -0.25) is 0 Å². The third kappa shape index (κ3) is 3.62. The fourth-order valence-electron chi connectivity index (χ4n) is 1.98. The summed E-state index contributed by atoms with van der Waals surface area (Å²) in [5.41, 5.74) is 1.95. The number of hydrogen-bond acceptors (Lipinski definition) is 3. The van der Waals surface area contributed by atoms with Crippen LogP contribution in [0.1, 0.15) is 18.7 Å². The lowest BCUT2D eigenvalue weighted by Crippen LogP contribution is -2.12. The molecule has 0 saturated carbocycles. The molecular weight excluding hydrogens is 386 g/mol. The first kappa shape index (κ1) is 15.5. The van der Waals surface area contributed by atoms with Crippen LogP contribution in [0.2, 0.25) is 0 Å². The molecule has 2 aromatic rings. The average Bonchev–Trinajstić information content (AvgIpc) is 2.74. The molecule has 0 radical (unpaired) electrons. The molecule has 1 aromatic carbocycles. The van der Waals surface area contributed by atoms with Crippen molar-refractivity contribution in [2.75, 3.05) is 19.0 Å². The summed E-state index contributed by atoms with van der Waals surface area (Å²) >= 11 is 7.00. The summed E-state index contributed by atoms with van der Waals surface area (Å²) in [5, 5.41) is 3.36. The van der Waals surface area contributed by atoms with Gasteiger partial charge in [-0.15, -0.1) is 0 Å². The van der Waals surface area contributed by atoms with Crippen molar-refractivity contribution < 1.29 is 4.74 Å². The van der Waals surface area contributed by atoms with E-state index in [1.807, 2.05) is 31.3 Å². The molecule has 0 aliphatic heterocycles. The Labute approximate surface area is 135 Å². The number of nitrogens with zero attached hydrogens (tertiary/aromatic N) is 2. The molecule has 0 aliphatic rings. The van der Waals surface area contributed by atoms with Crippen LogP contribution >= 0.6 is 31.9 Å². The molecule has 1 unspecified atom stereocenters. The largest absolute Gasteiger partial charge is 0.383 e. The van der Waals surface area contributed by atoms with E-state index in [0.717, 1.165) is 26.3 Å². The fourth-order valence-corrected chi connectivity index (χ4v) is 3.12. The first-order valence-electron chi connectivity index (χ1n) is 6.27. The first-order chi connectivity index (χ1) is 9.51. The van der Waals surface area contributed by atoms with Crippen LogP contribution in [0, 0.1) is 6.92 Å². The SMILES string of the molecule is COCC(C)n1cc(C)nc1Nc1ccc(Br)cc1Br. The topological polar surface area (TPSA) is 39.1 Å². The third-order valence-corrected chi connectivity index (χ3v) is 4.06. The molecule has 6 heteroatoms. The Bertz CT molecular complexity index is 598. The number of hydrogen-bond donors (Lipinski definition) is 1. The molecule has 20 heavy (non-hydrogen) atoms. The number of benzene rings is 1. The van der Waals surface area contributed by atoms with Crippen LogP contribution in [0.3, 0.4) is 0 Å². The quantitative estimate of drug-likeness (QED) is 0.789. The summed E-state index contributed by atoms with van der Waals surface area (Å²) in [4.78, 5) is 4.54. The highest BCUT2D eigenvalue weighted by molar-refractivity contribution is 9.11. The molecule has 108 valence electrons. The highest BCUT2D eigenvalue weighted by Gasteiger charge is 2.13. The fraction of sp³-hybridized carbons (Fsp3) is 0.357. The van der Waals surface area contributed by atoms with Gasteiger partial charge >= 0.3 is 0 Å². The Morgan fingerprint density at radius 2 is 2.15 bits per heavy atom. The normalized spacial score (nSPS) is 12.4. The van der Waals surface area contributed by atoms with E-state index < -0.39 is 0 Å². The van der Waals surface area contributed by atoms with Crippen molar-refractivity contribution in [2.24, 2.45) is 0 Å². The smallest absolute Gasteiger partial charge is 0.207 e. The zero-order valence-corrected chi connectivity index (χ0v) is 14.8. The number of methoxy groups -OCH3 is 1. The number of rotatable bonds is 5. The van der Waals surface area contributed by atoms with Crippen molar-refractivity contribution >= 4 is 43.5 Å². The number of imidazole rings is 1. The van der Waals surface area contributed by atoms with Crippen molar-refractivity contribution in [2.45, 2.75) is 19.9 Å². The van der Waals surface area contributed by atoms with E-state index >= 15 is 0 Å². The van der Waals surface area contributed by atoms with Crippen LogP contribution in [0.5, 0.6) is 0 Å². The van der Waals surface area contributed by atoms with Gasteiger partial charge in [0.05, 0.1) is 24.0 Å².